The number of hydrogen-bond acceptors (Lipinski definition) is 3. The molecule has 2 aromatic rings. The van der Waals surface area contributed by atoms with E-state index in [1.54, 1.807) is 24.3 Å². The van der Waals surface area contributed by atoms with Gasteiger partial charge in [-0.1, -0.05) is 24.3 Å². The van der Waals surface area contributed by atoms with Gasteiger partial charge in [-0.15, -0.1) is 0 Å². The predicted octanol–water partition coefficient (Wildman–Crippen LogP) is 3.01. The number of para-hydroxylation sites is 1. The first kappa shape index (κ1) is 12.3. The summed E-state index contributed by atoms with van der Waals surface area (Å²) in [6, 6.07) is 12.1. The van der Waals surface area contributed by atoms with Crippen molar-refractivity contribution in [2.24, 2.45) is 0 Å². The number of benzene rings is 2. The minimum Gasteiger partial charge on any atom is -0.422 e. The van der Waals surface area contributed by atoms with Crippen molar-refractivity contribution in [1.82, 2.24) is 0 Å². The molecular weight excluding hydrogens is 259 g/mol. The van der Waals surface area contributed by atoms with Crippen LogP contribution < -0.4 is 4.74 Å². The Labute approximate surface area is 114 Å². The van der Waals surface area contributed by atoms with E-state index >= 15 is 0 Å². The Balaban J connectivity index is 2.04. The van der Waals surface area contributed by atoms with Crippen LogP contribution in [0.1, 0.15) is 15.9 Å². The first-order chi connectivity index (χ1) is 9.65. The number of esters is 1. The molecule has 0 unspecified atom stereocenters. The number of carbonyl (C=O) groups excluding carboxylic acids is 2. The van der Waals surface area contributed by atoms with E-state index in [-0.39, 0.29) is 22.9 Å². The molecule has 2 aromatic carbocycles. The van der Waals surface area contributed by atoms with Gasteiger partial charge in [-0.3, -0.25) is 4.79 Å². The quantitative estimate of drug-likeness (QED) is 0.345. The van der Waals surface area contributed by atoms with Gasteiger partial charge in [0.1, 0.15) is 17.1 Å². The number of fused-ring (bicyclic) bond motifs is 1. The van der Waals surface area contributed by atoms with Crippen LogP contribution in [0.3, 0.4) is 0 Å². The Kier molecular flexibility index (Phi) is 2.91. The van der Waals surface area contributed by atoms with Crippen LogP contribution in [0.5, 0.6) is 5.75 Å². The molecule has 0 bridgehead atoms. The molecule has 0 aromatic heterocycles. The second-order valence-electron chi connectivity index (χ2n) is 4.32. The highest BCUT2D eigenvalue weighted by atomic mass is 19.1. The molecule has 3 rings (SSSR count). The highest BCUT2D eigenvalue weighted by molar-refractivity contribution is 6.30. The summed E-state index contributed by atoms with van der Waals surface area (Å²) in [7, 11) is 0. The molecule has 0 spiro atoms. The first-order valence-electron chi connectivity index (χ1n) is 5.98. The van der Waals surface area contributed by atoms with Crippen LogP contribution in [0.25, 0.3) is 6.08 Å². The molecule has 0 N–H and O–H groups in total. The summed E-state index contributed by atoms with van der Waals surface area (Å²) in [5, 5.41) is 0. The molecule has 1 aliphatic heterocycles. The number of rotatable bonds is 1. The van der Waals surface area contributed by atoms with E-state index in [0.717, 1.165) is 0 Å². The number of ketones is 1. The van der Waals surface area contributed by atoms with Crippen molar-refractivity contribution in [3.8, 4) is 5.75 Å². The zero-order valence-corrected chi connectivity index (χ0v) is 10.3. The van der Waals surface area contributed by atoms with Crippen LogP contribution in [-0.2, 0) is 4.79 Å². The molecule has 0 saturated carbocycles. The van der Waals surface area contributed by atoms with E-state index in [9.17, 15) is 14.0 Å². The third-order valence-electron chi connectivity index (χ3n) is 2.98. The fraction of sp³-hybridized carbons (Fsp3) is 0. The van der Waals surface area contributed by atoms with Gasteiger partial charge in [0.15, 0.2) is 0 Å². The average molecular weight is 268 g/mol. The summed E-state index contributed by atoms with van der Waals surface area (Å²) in [5.41, 5.74) is 0.849. The third kappa shape index (κ3) is 2.12. The summed E-state index contributed by atoms with van der Waals surface area (Å²) in [6.07, 6.45) is 1.40. The smallest absolute Gasteiger partial charge is 0.347 e. The molecule has 0 atom stereocenters. The minimum absolute atomic E-state index is 0.0599. The van der Waals surface area contributed by atoms with Gasteiger partial charge in [0.25, 0.3) is 0 Å². The lowest BCUT2D eigenvalue weighted by atomic mass is 9.98. The van der Waals surface area contributed by atoms with Gasteiger partial charge in [-0.25, -0.2) is 9.18 Å². The summed E-state index contributed by atoms with van der Waals surface area (Å²) in [6.45, 7) is 0. The Hall–Kier alpha value is -2.75. The van der Waals surface area contributed by atoms with Crippen molar-refractivity contribution in [2.75, 3.05) is 0 Å². The van der Waals surface area contributed by atoms with Gasteiger partial charge < -0.3 is 4.74 Å². The van der Waals surface area contributed by atoms with Crippen molar-refractivity contribution in [2.45, 2.75) is 0 Å². The molecule has 4 heteroatoms. The van der Waals surface area contributed by atoms with Crippen LogP contribution in [0.15, 0.2) is 54.1 Å². The molecule has 0 saturated heterocycles. The molecule has 0 aliphatic carbocycles. The van der Waals surface area contributed by atoms with E-state index in [1.165, 1.54) is 30.3 Å². The summed E-state index contributed by atoms with van der Waals surface area (Å²) in [5.74, 6) is -1.20. The average Bonchev–Trinajstić information content (AvgIpc) is 2.45. The third-order valence-corrected chi connectivity index (χ3v) is 2.98. The van der Waals surface area contributed by atoms with Crippen molar-refractivity contribution >= 4 is 17.8 Å². The molecule has 0 fully saturated rings. The van der Waals surface area contributed by atoms with E-state index in [0.29, 0.717) is 11.1 Å². The SMILES string of the molecule is O=C1Oc2ccccc2C(=O)/C1=C/c1ccc(F)cc1. The maximum atomic E-state index is 12.8. The van der Waals surface area contributed by atoms with Crippen molar-refractivity contribution in [3.05, 3.63) is 71.0 Å². The van der Waals surface area contributed by atoms with Gasteiger partial charge >= 0.3 is 5.97 Å². The van der Waals surface area contributed by atoms with Crippen molar-refractivity contribution in [1.29, 1.82) is 0 Å². The summed E-state index contributed by atoms with van der Waals surface area (Å²) in [4.78, 5) is 24.1. The largest absolute Gasteiger partial charge is 0.422 e. The maximum Gasteiger partial charge on any atom is 0.347 e. The number of Topliss-reactive ketones (excluding diaryl/α,β-unsaturated/α-hetero) is 1. The molecule has 0 radical (unpaired) electrons. The van der Waals surface area contributed by atoms with Gasteiger partial charge in [0.2, 0.25) is 5.78 Å². The fourth-order valence-electron chi connectivity index (χ4n) is 1.99. The summed E-state index contributed by atoms with van der Waals surface area (Å²) >= 11 is 0. The summed E-state index contributed by atoms with van der Waals surface area (Å²) < 4.78 is 17.9. The highest BCUT2D eigenvalue weighted by Crippen LogP contribution is 2.28. The Bertz CT molecular complexity index is 730. The normalized spacial score (nSPS) is 15.9. The highest BCUT2D eigenvalue weighted by Gasteiger charge is 2.30. The van der Waals surface area contributed by atoms with Gasteiger partial charge in [0, 0.05) is 0 Å². The Morgan fingerprint density at radius 2 is 1.65 bits per heavy atom. The zero-order valence-electron chi connectivity index (χ0n) is 10.3. The molecule has 3 nitrogen and oxygen atoms in total. The van der Waals surface area contributed by atoms with Gasteiger partial charge in [-0.2, -0.15) is 0 Å². The second kappa shape index (κ2) is 4.74. The molecule has 1 heterocycles. The van der Waals surface area contributed by atoms with Gasteiger partial charge in [0.05, 0.1) is 5.56 Å². The van der Waals surface area contributed by atoms with Gasteiger partial charge in [-0.05, 0) is 35.9 Å². The number of ether oxygens (including phenoxy) is 1. The predicted molar refractivity (Wildman–Crippen MR) is 70.8 cm³/mol. The first-order valence-corrected chi connectivity index (χ1v) is 5.98. The van der Waals surface area contributed by atoms with Crippen LogP contribution >= 0.6 is 0 Å². The topological polar surface area (TPSA) is 43.4 Å². The number of hydrogen-bond donors (Lipinski definition) is 0. The Morgan fingerprint density at radius 1 is 0.950 bits per heavy atom. The molecular formula is C16H9FO3. The lowest BCUT2D eigenvalue weighted by Gasteiger charge is -2.16. The van der Waals surface area contributed by atoms with E-state index < -0.39 is 5.97 Å². The van der Waals surface area contributed by atoms with Crippen LogP contribution in [0.2, 0.25) is 0 Å². The van der Waals surface area contributed by atoms with E-state index in [2.05, 4.69) is 0 Å². The Morgan fingerprint density at radius 3 is 2.40 bits per heavy atom. The fourth-order valence-corrected chi connectivity index (χ4v) is 1.99. The van der Waals surface area contributed by atoms with Crippen molar-refractivity contribution in [3.63, 3.8) is 0 Å². The standard InChI is InChI=1S/C16H9FO3/c17-11-7-5-10(6-8-11)9-13-15(18)12-3-1-2-4-14(12)20-16(13)19/h1-9H/b13-9-. The lowest BCUT2D eigenvalue weighted by molar-refractivity contribution is -0.130. The van der Waals surface area contributed by atoms with Crippen molar-refractivity contribution < 1.29 is 18.7 Å². The zero-order chi connectivity index (χ0) is 14.1. The number of carbonyl (C=O) groups is 2. The molecule has 98 valence electrons. The van der Waals surface area contributed by atoms with E-state index in [4.69, 9.17) is 4.74 Å². The maximum absolute atomic E-state index is 12.8. The monoisotopic (exact) mass is 268 g/mol. The molecule has 0 amide bonds. The van der Waals surface area contributed by atoms with Crippen LogP contribution in [0.4, 0.5) is 4.39 Å². The van der Waals surface area contributed by atoms with Crippen LogP contribution in [0, 0.1) is 5.82 Å². The molecule has 1 aliphatic rings. The second-order valence-corrected chi connectivity index (χ2v) is 4.32. The van der Waals surface area contributed by atoms with Crippen LogP contribution in [-0.4, -0.2) is 11.8 Å². The van der Waals surface area contributed by atoms with E-state index in [1.807, 2.05) is 0 Å². The molecule has 20 heavy (non-hydrogen) atoms. The lowest BCUT2D eigenvalue weighted by Crippen LogP contribution is -2.24. The number of halogens is 1. The minimum atomic E-state index is -0.696.